The van der Waals surface area contributed by atoms with E-state index in [1.807, 2.05) is 13.8 Å². The first kappa shape index (κ1) is 22.8. The van der Waals surface area contributed by atoms with Crippen molar-refractivity contribution in [2.24, 2.45) is 5.73 Å². The lowest BCUT2D eigenvalue weighted by molar-refractivity contribution is -0.170. The quantitative estimate of drug-likeness (QED) is 0.528. The molecule has 2 saturated heterocycles. The van der Waals surface area contributed by atoms with Crippen LogP contribution in [-0.2, 0) is 23.9 Å². The molecule has 2 aliphatic heterocycles. The van der Waals surface area contributed by atoms with Crippen LogP contribution in [0, 0.1) is 0 Å². The molecule has 10 heteroatoms. The minimum absolute atomic E-state index is 0.124. The average molecular weight is 386 g/mol. The number of carbonyl (C=O) groups is 4. The van der Waals surface area contributed by atoms with E-state index in [2.05, 4.69) is 10.1 Å². The molecule has 2 rings (SSSR count). The predicted octanol–water partition coefficient (Wildman–Crippen LogP) is -0.745. The number of cyclic esters (lactones) is 1. The van der Waals surface area contributed by atoms with Gasteiger partial charge in [-0.1, -0.05) is 20.8 Å². The molecule has 154 valence electrons. The molecule has 2 aliphatic rings. The molecule has 0 aromatic heterocycles. The van der Waals surface area contributed by atoms with Crippen LogP contribution in [-0.4, -0.2) is 69.8 Å². The van der Waals surface area contributed by atoms with Crippen LogP contribution >= 0.6 is 0 Å². The maximum absolute atomic E-state index is 12.7. The van der Waals surface area contributed by atoms with Crippen LogP contribution in [0.3, 0.4) is 0 Å². The SMILES string of the molecule is CC.CCC(C(=O)NC1CC(=O)OC1O)N1C(=O)C(N)CCC(=O)N1CC. The van der Waals surface area contributed by atoms with Crippen molar-refractivity contribution in [3.05, 3.63) is 0 Å². The van der Waals surface area contributed by atoms with Crippen molar-refractivity contribution in [2.75, 3.05) is 6.54 Å². The van der Waals surface area contributed by atoms with Gasteiger partial charge in [-0.3, -0.25) is 24.2 Å². The van der Waals surface area contributed by atoms with Gasteiger partial charge in [0.25, 0.3) is 5.91 Å². The highest BCUT2D eigenvalue weighted by atomic mass is 16.6. The molecule has 0 radical (unpaired) electrons. The number of nitrogens with zero attached hydrogens (tertiary/aromatic N) is 2. The number of aliphatic hydroxyl groups excluding tert-OH is 1. The highest BCUT2D eigenvalue weighted by Crippen LogP contribution is 2.20. The van der Waals surface area contributed by atoms with Crippen LogP contribution in [0.5, 0.6) is 0 Å². The third-order valence-corrected chi connectivity index (χ3v) is 4.35. The Kier molecular flexibility index (Phi) is 8.64. The van der Waals surface area contributed by atoms with Gasteiger partial charge in [0.2, 0.25) is 18.1 Å². The van der Waals surface area contributed by atoms with Crippen LogP contribution in [0.4, 0.5) is 0 Å². The van der Waals surface area contributed by atoms with Crippen LogP contribution in [0.1, 0.15) is 53.4 Å². The normalized spacial score (nSPS) is 26.7. The zero-order valence-corrected chi connectivity index (χ0v) is 16.3. The molecule has 2 heterocycles. The van der Waals surface area contributed by atoms with Crippen LogP contribution < -0.4 is 11.1 Å². The fourth-order valence-electron chi connectivity index (χ4n) is 3.01. The van der Waals surface area contributed by atoms with E-state index in [9.17, 15) is 24.3 Å². The number of rotatable bonds is 5. The van der Waals surface area contributed by atoms with Gasteiger partial charge in [0, 0.05) is 13.0 Å². The van der Waals surface area contributed by atoms with Crippen molar-refractivity contribution >= 4 is 23.7 Å². The fraction of sp³-hybridized carbons (Fsp3) is 0.765. The molecule has 3 amide bonds. The lowest BCUT2D eigenvalue weighted by Crippen LogP contribution is -2.61. The molecule has 0 bridgehead atoms. The Morgan fingerprint density at radius 1 is 1.33 bits per heavy atom. The molecule has 4 atom stereocenters. The van der Waals surface area contributed by atoms with Crippen molar-refractivity contribution in [3.63, 3.8) is 0 Å². The number of hydrazine groups is 1. The number of amides is 3. The number of carbonyl (C=O) groups excluding carboxylic acids is 4. The van der Waals surface area contributed by atoms with Gasteiger partial charge in [-0.25, -0.2) is 5.01 Å². The molecule has 10 nitrogen and oxygen atoms in total. The first-order valence-corrected chi connectivity index (χ1v) is 9.36. The Bertz CT molecular complexity index is 570. The molecule has 0 spiro atoms. The molecule has 0 aliphatic carbocycles. The number of aliphatic hydroxyl groups is 1. The molecule has 4 N–H and O–H groups in total. The second-order valence-electron chi connectivity index (χ2n) is 6.06. The van der Waals surface area contributed by atoms with Gasteiger partial charge >= 0.3 is 5.97 Å². The van der Waals surface area contributed by atoms with Crippen LogP contribution in [0.25, 0.3) is 0 Å². The number of hydrogen-bond donors (Lipinski definition) is 3. The number of ether oxygens (including phenoxy) is 1. The molecular weight excluding hydrogens is 356 g/mol. The van der Waals surface area contributed by atoms with Crippen LogP contribution in [0.15, 0.2) is 0 Å². The summed E-state index contributed by atoms with van der Waals surface area (Å²) in [6.07, 6.45) is -1.02. The summed E-state index contributed by atoms with van der Waals surface area (Å²) in [6, 6.07) is -2.75. The Morgan fingerprint density at radius 3 is 2.44 bits per heavy atom. The minimum Gasteiger partial charge on any atom is -0.434 e. The molecular formula is C17H30N4O6. The average Bonchev–Trinajstić information content (AvgIpc) is 2.92. The van der Waals surface area contributed by atoms with E-state index in [0.717, 1.165) is 5.01 Å². The number of nitrogens with two attached hydrogens (primary N) is 1. The Hall–Kier alpha value is -2.20. The zero-order valence-electron chi connectivity index (χ0n) is 16.3. The first-order valence-electron chi connectivity index (χ1n) is 9.36. The van der Waals surface area contributed by atoms with Gasteiger partial charge in [-0.2, -0.15) is 0 Å². The van der Waals surface area contributed by atoms with E-state index < -0.39 is 42.2 Å². The summed E-state index contributed by atoms with van der Waals surface area (Å²) in [5.41, 5.74) is 5.84. The van der Waals surface area contributed by atoms with Crippen molar-refractivity contribution in [3.8, 4) is 0 Å². The molecule has 0 saturated carbocycles. The lowest BCUT2D eigenvalue weighted by Gasteiger charge is -2.38. The van der Waals surface area contributed by atoms with E-state index in [4.69, 9.17) is 5.73 Å². The Morgan fingerprint density at radius 2 is 1.96 bits per heavy atom. The highest BCUT2D eigenvalue weighted by Gasteiger charge is 2.42. The lowest BCUT2D eigenvalue weighted by atomic mass is 10.1. The van der Waals surface area contributed by atoms with Gasteiger partial charge in [-0.15, -0.1) is 0 Å². The van der Waals surface area contributed by atoms with Crippen molar-refractivity contribution < 1.29 is 29.0 Å². The van der Waals surface area contributed by atoms with Gasteiger partial charge in [-0.05, 0) is 19.8 Å². The summed E-state index contributed by atoms with van der Waals surface area (Å²) >= 11 is 0. The topological polar surface area (TPSA) is 142 Å². The van der Waals surface area contributed by atoms with E-state index in [1.54, 1.807) is 13.8 Å². The number of esters is 1. The monoisotopic (exact) mass is 386 g/mol. The third-order valence-electron chi connectivity index (χ3n) is 4.35. The van der Waals surface area contributed by atoms with Crippen molar-refractivity contribution in [1.82, 2.24) is 15.3 Å². The summed E-state index contributed by atoms with van der Waals surface area (Å²) in [6.45, 7) is 7.61. The van der Waals surface area contributed by atoms with Crippen LogP contribution in [0.2, 0.25) is 0 Å². The maximum atomic E-state index is 12.7. The summed E-state index contributed by atoms with van der Waals surface area (Å²) in [4.78, 5) is 48.7. The van der Waals surface area contributed by atoms with E-state index >= 15 is 0 Å². The van der Waals surface area contributed by atoms with E-state index in [1.165, 1.54) is 5.01 Å². The van der Waals surface area contributed by atoms with Gasteiger partial charge in [0.15, 0.2) is 0 Å². The molecule has 2 fully saturated rings. The molecule has 0 aromatic carbocycles. The van der Waals surface area contributed by atoms with Gasteiger partial charge in [0.05, 0.1) is 12.5 Å². The van der Waals surface area contributed by atoms with E-state index in [0.29, 0.717) is 0 Å². The molecule has 0 aromatic rings. The fourth-order valence-corrected chi connectivity index (χ4v) is 3.01. The maximum Gasteiger partial charge on any atom is 0.310 e. The van der Waals surface area contributed by atoms with Crippen molar-refractivity contribution in [1.29, 1.82) is 0 Å². The molecule has 27 heavy (non-hydrogen) atoms. The Labute approximate surface area is 159 Å². The number of nitrogens with one attached hydrogen (secondary N) is 1. The van der Waals surface area contributed by atoms with Gasteiger partial charge in [0.1, 0.15) is 12.1 Å². The summed E-state index contributed by atoms with van der Waals surface area (Å²) in [5, 5.41) is 14.5. The highest BCUT2D eigenvalue weighted by molar-refractivity contribution is 5.93. The van der Waals surface area contributed by atoms with E-state index in [-0.39, 0.29) is 38.1 Å². The van der Waals surface area contributed by atoms with Crippen molar-refractivity contribution in [2.45, 2.75) is 77.8 Å². The zero-order chi connectivity index (χ0) is 20.7. The smallest absolute Gasteiger partial charge is 0.310 e. The summed E-state index contributed by atoms with van der Waals surface area (Å²) < 4.78 is 4.59. The standard InChI is InChI=1S/C15H24N4O6.C2H6/c1-3-10(13(22)17-9-7-12(21)25-15(9)24)19-14(23)8(16)5-6-11(20)18(19)4-2;1-2/h8-10,15,24H,3-7,16H2,1-2H3,(H,17,22);1-2H3. The molecule has 4 unspecified atom stereocenters. The second kappa shape index (κ2) is 10.2. The van der Waals surface area contributed by atoms with Gasteiger partial charge < -0.3 is 20.9 Å². The summed E-state index contributed by atoms with van der Waals surface area (Å²) in [7, 11) is 0. The third kappa shape index (κ3) is 5.16. The largest absolute Gasteiger partial charge is 0.434 e. The first-order chi connectivity index (χ1) is 12.8. The minimum atomic E-state index is -1.43. The second-order valence-corrected chi connectivity index (χ2v) is 6.06. The Balaban J connectivity index is 0.00000176. The number of hydrogen-bond acceptors (Lipinski definition) is 7. The summed E-state index contributed by atoms with van der Waals surface area (Å²) in [5.74, 6) is -1.99. The predicted molar refractivity (Wildman–Crippen MR) is 95.5 cm³/mol.